The number of ether oxygens (including phenoxy) is 2. The van der Waals surface area contributed by atoms with Crippen molar-refractivity contribution in [3.05, 3.63) is 41.7 Å². The normalized spacial score (nSPS) is 11.8. The molecule has 1 rings (SSSR count). The molecule has 0 bridgehead atoms. The van der Waals surface area contributed by atoms with Gasteiger partial charge >= 0.3 is 5.97 Å². The first kappa shape index (κ1) is 13.2. The number of carbonyl (C=O) groups excluding carboxylic acids is 1. The van der Waals surface area contributed by atoms with Crippen LogP contribution in [0.5, 0.6) is 5.75 Å². The molecule has 0 saturated heterocycles. The second-order valence-electron chi connectivity index (χ2n) is 3.31. The molecule has 17 heavy (non-hydrogen) atoms. The number of aliphatic hydroxyl groups is 1. The molecule has 4 nitrogen and oxygen atoms in total. The minimum absolute atomic E-state index is 0.0146. The number of aliphatic hydroxyl groups excluding tert-OH is 1. The number of esters is 1. The average molecular weight is 240 g/mol. The second kappa shape index (κ2) is 5.45. The van der Waals surface area contributed by atoms with Gasteiger partial charge in [-0.25, -0.2) is 9.18 Å². The minimum atomic E-state index is -1.25. The van der Waals surface area contributed by atoms with Gasteiger partial charge in [0.25, 0.3) is 0 Å². The molecular formula is C12H13FO4. The van der Waals surface area contributed by atoms with E-state index in [1.54, 1.807) is 0 Å². The number of benzene rings is 1. The van der Waals surface area contributed by atoms with Crippen LogP contribution < -0.4 is 4.74 Å². The molecule has 1 unspecified atom stereocenters. The lowest BCUT2D eigenvalue weighted by Crippen LogP contribution is -2.12. The zero-order chi connectivity index (χ0) is 13.0. The highest BCUT2D eigenvalue weighted by Crippen LogP contribution is 2.26. The SMILES string of the molecule is C=C(C(=O)OC)C(O)c1ccc(F)c(OC)c1. The Morgan fingerprint density at radius 3 is 2.65 bits per heavy atom. The molecule has 0 amide bonds. The first-order chi connectivity index (χ1) is 8.01. The van der Waals surface area contributed by atoms with Gasteiger partial charge in [-0.15, -0.1) is 0 Å². The lowest BCUT2D eigenvalue weighted by atomic mass is 10.0. The summed E-state index contributed by atoms with van der Waals surface area (Å²) >= 11 is 0. The zero-order valence-corrected chi connectivity index (χ0v) is 9.57. The topological polar surface area (TPSA) is 55.8 Å². The summed E-state index contributed by atoms with van der Waals surface area (Å²) in [6, 6.07) is 3.78. The summed E-state index contributed by atoms with van der Waals surface area (Å²) in [7, 11) is 2.50. The molecule has 0 saturated carbocycles. The predicted molar refractivity (Wildman–Crippen MR) is 59.1 cm³/mol. The van der Waals surface area contributed by atoms with Crippen LogP contribution in [0, 0.1) is 5.82 Å². The molecule has 1 N–H and O–H groups in total. The van der Waals surface area contributed by atoms with Crippen molar-refractivity contribution in [2.24, 2.45) is 0 Å². The van der Waals surface area contributed by atoms with Crippen molar-refractivity contribution in [2.45, 2.75) is 6.10 Å². The molecule has 0 aliphatic carbocycles. The summed E-state index contributed by atoms with van der Waals surface area (Å²) < 4.78 is 22.3. The lowest BCUT2D eigenvalue weighted by molar-refractivity contribution is -0.137. The molecule has 1 aromatic rings. The van der Waals surface area contributed by atoms with Gasteiger partial charge in [-0.3, -0.25) is 0 Å². The smallest absolute Gasteiger partial charge is 0.336 e. The van der Waals surface area contributed by atoms with Gasteiger partial charge in [-0.05, 0) is 17.7 Å². The number of hydrogen-bond donors (Lipinski definition) is 1. The van der Waals surface area contributed by atoms with E-state index in [0.717, 1.165) is 6.07 Å². The van der Waals surface area contributed by atoms with E-state index >= 15 is 0 Å². The van der Waals surface area contributed by atoms with Crippen molar-refractivity contribution >= 4 is 5.97 Å². The van der Waals surface area contributed by atoms with Crippen molar-refractivity contribution in [1.29, 1.82) is 0 Å². The quantitative estimate of drug-likeness (QED) is 0.641. The van der Waals surface area contributed by atoms with Crippen LogP contribution in [0.1, 0.15) is 11.7 Å². The van der Waals surface area contributed by atoms with E-state index in [1.165, 1.54) is 26.4 Å². The Morgan fingerprint density at radius 2 is 2.12 bits per heavy atom. The van der Waals surface area contributed by atoms with Crippen LogP contribution in [0.3, 0.4) is 0 Å². The number of halogens is 1. The molecular weight excluding hydrogens is 227 g/mol. The number of carbonyl (C=O) groups is 1. The van der Waals surface area contributed by atoms with Crippen LogP contribution in [0.25, 0.3) is 0 Å². The van der Waals surface area contributed by atoms with Gasteiger partial charge < -0.3 is 14.6 Å². The summed E-state index contributed by atoms with van der Waals surface area (Å²) in [5.41, 5.74) is 0.180. The Balaban J connectivity index is 3.00. The van der Waals surface area contributed by atoms with Crippen molar-refractivity contribution in [3.63, 3.8) is 0 Å². The van der Waals surface area contributed by atoms with Gasteiger partial charge in [0.1, 0.15) is 6.10 Å². The number of hydrogen-bond acceptors (Lipinski definition) is 4. The predicted octanol–water partition coefficient (Wildman–Crippen LogP) is 1.60. The van der Waals surface area contributed by atoms with Crippen molar-refractivity contribution in [1.82, 2.24) is 0 Å². The average Bonchev–Trinajstić information content (AvgIpc) is 2.36. The molecule has 0 aliphatic rings. The Kier molecular flexibility index (Phi) is 4.23. The number of rotatable bonds is 4. The van der Waals surface area contributed by atoms with Gasteiger partial charge in [-0.2, -0.15) is 0 Å². The van der Waals surface area contributed by atoms with Gasteiger partial charge in [-0.1, -0.05) is 12.6 Å². The van der Waals surface area contributed by atoms with Crippen LogP contribution >= 0.6 is 0 Å². The highest BCUT2D eigenvalue weighted by molar-refractivity contribution is 5.88. The van der Waals surface area contributed by atoms with Crippen LogP contribution in [0.15, 0.2) is 30.4 Å². The van der Waals surface area contributed by atoms with Crippen LogP contribution in [-0.4, -0.2) is 25.3 Å². The van der Waals surface area contributed by atoms with Gasteiger partial charge in [0.2, 0.25) is 0 Å². The Morgan fingerprint density at radius 1 is 1.47 bits per heavy atom. The van der Waals surface area contributed by atoms with Crippen molar-refractivity contribution < 1.29 is 23.8 Å². The molecule has 0 spiro atoms. The molecule has 0 radical (unpaired) electrons. The Hall–Kier alpha value is -1.88. The summed E-state index contributed by atoms with van der Waals surface area (Å²) in [6.45, 7) is 3.42. The third-order valence-electron chi connectivity index (χ3n) is 2.27. The standard InChI is InChI=1S/C12H13FO4/c1-7(12(15)17-3)11(14)8-4-5-9(13)10(6-8)16-2/h4-6,11,14H,1H2,2-3H3. The molecule has 0 aromatic heterocycles. The van der Waals surface area contributed by atoms with Gasteiger partial charge in [0, 0.05) is 0 Å². The first-order valence-corrected chi connectivity index (χ1v) is 4.79. The van der Waals surface area contributed by atoms with Crippen LogP contribution in [-0.2, 0) is 9.53 Å². The van der Waals surface area contributed by atoms with Crippen LogP contribution in [0.2, 0.25) is 0 Å². The third kappa shape index (κ3) is 2.82. The molecule has 0 fully saturated rings. The van der Waals surface area contributed by atoms with E-state index in [0.29, 0.717) is 5.56 Å². The van der Waals surface area contributed by atoms with E-state index in [-0.39, 0.29) is 11.3 Å². The van der Waals surface area contributed by atoms with E-state index in [4.69, 9.17) is 4.74 Å². The maximum Gasteiger partial charge on any atom is 0.336 e. The zero-order valence-electron chi connectivity index (χ0n) is 9.57. The van der Waals surface area contributed by atoms with Crippen molar-refractivity contribution in [2.75, 3.05) is 14.2 Å². The highest BCUT2D eigenvalue weighted by Gasteiger charge is 2.20. The molecule has 0 aliphatic heterocycles. The highest BCUT2D eigenvalue weighted by atomic mass is 19.1. The fourth-order valence-electron chi connectivity index (χ4n) is 1.29. The summed E-state index contributed by atoms with van der Waals surface area (Å²) in [4.78, 5) is 11.2. The fourth-order valence-corrected chi connectivity index (χ4v) is 1.29. The van der Waals surface area contributed by atoms with E-state index in [9.17, 15) is 14.3 Å². The summed E-state index contributed by atoms with van der Waals surface area (Å²) in [6.07, 6.45) is -1.25. The Bertz CT molecular complexity index is 442. The third-order valence-corrected chi connectivity index (χ3v) is 2.27. The molecule has 92 valence electrons. The lowest BCUT2D eigenvalue weighted by Gasteiger charge is -2.13. The largest absolute Gasteiger partial charge is 0.494 e. The summed E-state index contributed by atoms with van der Waals surface area (Å²) in [5.74, 6) is -1.29. The van der Waals surface area contributed by atoms with E-state index in [1.807, 2.05) is 0 Å². The van der Waals surface area contributed by atoms with E-state index < -0.39 is 17.9 Å². The molecule has 1 aromatic carbocycles. The van der Waals surface area contributed by atoms with Gasteiger partial charge in [0.05, 0.1) is 19.8 Å². The monoisotopic (exact) mass is 240 g/mol. The summed E-state index contributed by atoms with van der Waals surface area (Å²) in [5, 5.41) is 9.82. The second-order valence-corrected chi connectivity index (χ2v) is 3.31. The van der Waals surface area contributed by atoms with E-state index in [2.05, 4.69) is 11.3 Å². The molecule has 5 heteroatoms. The molecule has 0 heterocycles. The van der Waals surface area contributed by atoms with Crippen molar-refractivity contribution in [3.8, 4) is 5.75 Å². The molecule has 1 atom stereocenters. The maximum atomic E-state index is 13.1. The maximum absolute atomic E-state index is 13.1. The van der Waals surface area contributed by atoms with Crippen LogP contribution in [0.4, 0.5) is 4.39 Å². The Labute approximate surface area is 98.3 Å². The number of methoxy groups -OCH3 is 2. The first-order valence-electron chi connectivity index (χ1n) is 4.79. The minimum Gasteiger partial charge on any atom is -0.494 e. The van der Waals surface area contributed by atoms with Gasteiger partial charge in [0.15, 0.2) is 11.6 Å². The fraction of sp³-hybridized carbons (Fsp3) is 0.250.